The predicted molar refractivity (Wildman–Crippen MR) is 103 cm³/mol. The van der Waals surface area contributed by atoms with Crippen molar-refractivity contribution in [3.05, 3.63) is 58.6 Å². The third-order valence-corrected chi connectivity index (χ3v) is 5.94. The maximum atomic E-state index is 12.9. The van der Waals surface area contributed by atoms with Gasteiger partial charge in [-0.05, 0) is 49.2 Å². The Kier molecular flexibility index (Phi) is 4.88. The topological polar surface area (TPSA) is 57.7 Å². The Morgan fingerprint density at radius 3 is 2.48 bits per heavy atom. The van der Waals surface area contributed by atoms with Gasteiger partial charge in [-0.1, -0.05) is 34.1 Å². The second-order valence-electron chi connectivity index (χ2n) is 6.19. The second-order valence-corrected chi connectivity index (χ2v) is 9.01. The highest BCUT2D eigenvalue weighted by Crippen LogP contribution is 2.32. The van der Waals surface area contributed by atoms with Gasteiger partial charge >= 0.3 is 0 Å². The minimum Gasteiger partial charge on any atom is -0.307 e. The number of nitrogens with zero attached hydrogens (tertiary/aromatic N) is 2. The smallest absolute Gasteiger partial charge is 0.248 e. The zero-order valence-corrected chi connectivity index (χ0v) is 16.4. The molecule has 1 heterocycles. The van der Waals surface area contributed by atoms with Crippen molar-refractivity contribution in [3.63, 3.8) is 0 Å². The Morgan fingerprint density at radius 2 is 1.84 bits per heavy atom. The average molecular weight is 423 g/mol. The average Bonchev–Trinajstić information content (AvgIpc) is 2.88. The summed E-state index contributed by atoms with van der Waals surface area (Å²) in [6.45, 7) is 1.75. The fourth-order valence-electron chi connectivity index (χ4n) is 3.15. The Morgan fingerprint density at radius 1 is 1.20 bits per heavy atom. The van der Waals surface area contributed by atoms with Crippen LogP contribution >= 0.6 is 15.9 Å². The number of para-hydroxylation sites is 1. The first-order valence-electron chi connectivity index (χ1n) is 7.90. The summed E-state index contributed by atoms with van der Waals surface area (Å²) in [4.78, 5) is 14.6. The highest BCUT2D eigenvalue weighted by molar-refractivity contribution is 9.10. The van der Waals surface area contributed by atoms with Crippen LogP contribution < -0.4 is 9.21 Å². The second kappa shape index (κ2) is 6.80. The zero-order valence-electron chi connectivity index (χ0n) is 14.0. The summed E-state index contributed by atoms with van der Waals surface area (Å²) >= 11 is 3.33. The number of halogens is 1. The molecule has 1 amide bonds. The van der Waals surface area contributed by atoms with Gasteiger partial charge in [-0.25, -0.2) is 8.42 Å². The Balaban J connectivity index is 1.90. The molecule has 0 unspecified atom stereocenters. The van der Waals surface area contributed by atoms with Crippen LogP contribution in [0.5, 0.6) is 0 Å². The lowest BCUT2D eigenvalue weighted by atomic mass is 10.1. The van der Waals surface area contributed by atoms with Crippen LogP contribution in [0.3, 0.4) is 0 Å². The quantitative estimate of drug-likeness (QED) is 0.759. The summed E-state index contributed by atoms with van der Waals surface area (Å²) in [6.07, 6.45) is 1.89. The third kappa shape index (κ3) is 3.72. The first kappa shape index (κ1) is 17.9. The summed E-state index contributed by atoms with van der Waals surface area (Å²) in [6, 6.07) is 14.6. The summed E-state index contributed by atoms with van der Waals surface area (Å²) in [5.74, 6) is -0.231. The molecule has 0 saturated carbocycles. The number of hydrogen-bond acceptors (Lipinski definition) is 3. The number of rotatable bonds is 4. The molecule has 5 nitrogen and oxygen atoms in total. The van der Waals surface area contributed by atoms with E-state index in [1.54, 1.807) is 29.2 Å². The molecule has 7 heteroatoms. The van der Waals surface area contributed by atoms with E-state index in [4.69, 9.17) is 0 Å². The van der Waals surface area contributed by atoms with Crippen molar-refractivity contribution in [2.24, 2.45) is 0 Å². The van der Waals surface area contributed by atoms with Crippen LogP contribution in [0.1, 0.15) is 12.5 Å². The van der Waals surface area contributed by atoms with Crippen molar-refractivity contribution in [3.8, 4) is 0 Å². The van der Waals surface area contributed by atoms with Crippen LogP contribution in [0.2, 0.25) is 0 Å². The first-order chi connectivity index (χ1) is 11.8. The lowest BCUT2D eigenvalue weighted by Gasteiger charge is -2.27. The van der Waals surface area contributed by atoms with Crippen molar-refractivity contribution >= 4 is 43.2 Å². The van der Waals surface area contributed by atoms with Crippen molar-refractivity contribution in [2.45, 2.75) is 19.4 Å². The van der Waals surface area contributed by atoms with E-state index in [9.17, 15) is 13.2 Å². The van der Waals surface area contributed by atoms with E-state index in [1.165, 1.54) is 0 Å². The SMILES string of the molecule is C[C@H]1Cc2ccccc2N1C(=O)CN(c1ccc(Br)cc1)S(C)(=O)=O. The maximum Gasteiger partial charge on any atom is 0.248 e. The number of carbonyl (C=O) groups excluding carboxylic acids is 1. The molecule has 1 atom stereocenters. The minimum atomic E-state index is -3.58. The summed E-state index contributed by atoms with van der Waals surface area (Å²) in [5.41, 5.74) is 2.45. The van der Waals surface area contributed by atoms with E-state index >= 15 is 0 Å². The predicted octanol–water partition coefficient (Wildman–Crippen LogP) is 3.19. The maximum absolute atomic E-state index is 12.9. The highest BCUT2D eigenvalue weighted by atomic mass is 79.9. The van der Waals surface area contributed by atoms with Gasteiger partial charge in [-0.15, -0.1) is 0 Å². The fourth-order valence-corrected chi connectivity index (χ4v) is 4.27. The van der Waals surface area contributed by atoms with E-state index in [-0.39, 0.29) is 18.5 Å². The lowest BCUT2D eigenvalue weighted by molar-refractivity contribution is -0.117. The molecule has 0 bridgehead atoms. The number of benzene rings is 2. The Hall–Kier alpha value is -1.86. The van der Waals surface area contributed by atoms with Gasteiger partial charge < -0.3 is 4.90 Å². The van der Waals surface area contributed by atoms with Gasteiger partial charge in [0.25, 0.3) is 0 Å². The van der Waals surface area contributed by atoms with Gasteiger partial charge in [0.05, 0.1) is 11.9 Å². The number of fused-ring (bicyclic) bond motifs is 1. The first-order valence-corrected chi connectivity index (χ1v) is 10.5. The number of carbonyl (C=O) groups is 1. The standard InChI is InChI=1S/C18H19BrN2O3S/c1-13-11-14-5-3-4-6-17(14)21(13)18(22)12-20(25(2,23)24)16-9-7-15(19)8-10-16/h3-10,13H,11-12H2,1-2H3/t13-/m0/s1. The molecule has 0 aliphatic carbocycles. The van der Waals surface area contributed by atoms with Crippen LogP contribution in [0.25, 0.3) is 0 Å². The molecular formula is C18H19BrN2O3S. The fraction of sp³-hybridized carbons (Fsp3) is 0.278. The molecular weight excluding hydrogens is 404 g/mol. The van der Waals surface area contributed by atoms with E-state index in [0.717, 1.165) is 32.7 Å². The van der Waals surface area contributed by atoms with Crippen molar-refractivity contribution in [2.75, 3.05) is 22.0 Å². The van der Waals surface area contributed by atoms with Crippen LogP contribution in [0.15, 0.2) is 53.0 Å². The van der Waals surface area contributed by atoms with Gasteiger partial charge in [0.1, 0.15) is 6.54 Å². The van der Waals surface area contributed by atoms with Crippen molar-refractivity contribution < 1.29 is 13.2 Å². The molecule has 0 spiro atoms. The molecule has 1 aliphatic rings. The van der Waals surface area contributed by atoms with E-state index in [2.05, 4.69) is 15.9 Å². The number of anilines is 2. The number of sulfonamides is 1. The Labute approximate surface area is 156 Å². The number of hydrogen-bond donors (Lipinski definition) is 0. The molecule has 3 rings (SSSR count). The summed E-state index contributed by atoms with van der Waals surface area (Å²) in [5, 5.41) is 0. The Bertz CT molecular complexity index is 897. The van der Waals surface area contributed by atoms with Gasteiger partial charge in [0.15, 0.2) is 0 Å². The lowest BCUT2D eigenvalue weighted by Crippen LogP contribution is -2.45. The molecule has 2 aromatic carbocycles. The van der Waals surface area contributed by atoms with Gasteiger partial charge in [-0.3, -0.25) is 9.10 Å². The van der Waals surface area contributed by atoms with Crippen LogP contribution in [0, 0.1) is 0 Å². The largest absolute Gasteiger partial charge is 0.307 e. The molecule has 132 valence electrons. The molecule has 0 saturated heterocycles. The summed E-state index contributed by atoms with van der Waals surface area (Å²) < 4.78 is 26.5. The van der Waals surface area contributed by atoms with Gasteiger partial charge in [0.2, 0.25) is 15.9 Å². The van der Waals surface area contributed by atoms with Crippen molar-refractivity contribution in [1.82, 2.24) is 0 Å². The van der Waals surface area contributed by atoms with Gasteiger partial charge in [-0.2, -0.15) is 0 Å². The third-order valence-electron chi connectivity index (χ3n) is 4.27. The van der Waals surface area contributed by atoms with E-state index < -0.39 is 10.0 Å². The molecule has 0 aromatic heterocycles. The number of amides is 1. The van der Waals surface area contributed by atoms with Crippen LogP contribution in [-0.2, 0) is 21.2 Å². The van der Waals surface area contributed by atoms with Crippen LogP contribution in [0.4, 0.5) is 11.4 Å². The monoisotopic (exact) mass is 422 g/mol. The molecule has 0 N–H and O–H groups in total. The van der Waals surface area contributed by atoms with Crippen molar-refractivity contribution in [1.29, 1.82) is 0 Å². The van der Waals surface area contributed by atoms with E-state index in [1.807, 2.05) is 31.2 Å². The highest BCUT2D eigenvalue weighted by Gasteiger charge is 2.32. The molecule has 2 aromatic rings. The van der Waals surface area contributed by atoms with E-state index in [0.29, 0.717) is 5.69 Å². The van der Waals surface area contributed by atoms with Crippen LogP contribution in [-0.4, -0.2) is 33.2 Å². The summed E-state index contributed by atoms with van der Waals surface area (Å²) in [7, 11) is -3.58. The van der Waals surface area contributed by atoms with Gasteiger partial charge in [0, 0.05) is 16.2 Å². The molecule has 0 fully saturated rings. The zero-order chi connectivity index (χ0) is 18.2. The molecule has 25 heavy (non-hydrogen) atoms. The molecule has 1 aliphatic heterocycles. The minimum absolute atomic E-state index is 0.0104. The normalized spacial score (nSPS) is 16.6. The molecule has 0 radical (unpaired) electrons.